The Morgan fingerprint density at radius 3 is 2.28 bits per heavy atom. The zero-order valence-corrected chi connectivity index (χ0v) is 18.5. The Morgan fingerprint density at radius 1 is 0.844 bits per heavy atom. The summed E-state index contributed by atoms with van der Waals surface area (Å²) < 4.78 is 3.33. The second-order valence-electron chi connectivity index (χ2n) is 7.22. The molecule has 2 N–H and O–H groups in total. The second-order valence-corrected chi connectivity index (χ2v) is 8.06. The molecular weight excluding hydrogens is 447 g/mol. The SMILES string of the molecule is N=c1n(CC(=O)c2ccc(Cl)cc2)c2cccc(Cl)c2n1CCNC(=O)c1ccccc1. The molecule has 0 unspecified atom stereocenters. The summed E-state index contributed by atoms with van der Waals surface area (Å²) in [4.78, 5) is 25.2. The molecule has 4 rings (SSSR count). The average molecular weight is 467 g/mol. The van der Waals surface area contributed by atoms with E-state index >= 15 is 0 Å². The third-order valence-corrected chi connectivity index (χ3v) is 5.72. The van der Waals surface area contributed by atoms with Crippen LogP contribution in [0.5, 0.6) is 0 Å². The van der Waals surface area contributed by atoms with E-state index in [0.717, 1.165) is 0 Å². The maximum atomic E-state index is 12.8. The lowest BCUT2D eigenvalue weighted by atomic mass is 10.1. The number of ketones is 1. The van der Waals surface area contributed by atoms with Crippen molar-refractivity contribution in [2.45, 2.75) is 13.1 Å². The predicted octanol–water partition coefficient (Wildman–Crippen LogP) is 4.54. The zero-order valence-electron chi connectivity index (χ0n) is 17.0. The minimum absolute atomic E-state index is 0.0132. The van der Waals surface area contributed by atoms with Crippen LogP contribution in [0, 0.1) is 5.41 Å². The van der Waals surface area contributed by atoms with Gasteiger partial charge in [0.25, 0.3) is 5.91 Å². The number of benzene rings is 3. The predicted molar refractivity (Wildman–Crippen MR) is 125 cm³/mol. The largest absolute Gasteiger partial charge is 0.350 e. The third-order valence-electron chi connectivity index (χ3n) is 5.16. The van der Waals surface area contributed by atoms with Crippen LogP contribution in [-0.2, 0) is 13.1 Å². The topological polar surface area (TPSA) is 79.9 Å². The lowest BCUT2D eigenvalue weighted by molar-refractivity contribution is 0.0950. The van der Waals surface area contributed by atoms with Gasteiger partial charge in [0.1, 0.15) is 0 Å². The van der Waals surface area contributed by atoms with Crippen molar-refractivity contribution < 1.29 is 9.59 Å². The monoisotopic (exact) mass is 466 g/mol. The van der Waals surface area contributed by atoms with E-state index in [0.29, 0.717) is 45.3 Å². The number of nitrogens with zero attached hydrogens (tertiary/aromatic N) is 2. The number of amides is 1. The van der Waals surface area contributed by atoms with Crippen LogP contribution in [-0.4, -0.2) is 27.4 Å². The molecule has 6 nitrogen and oxygen atoms in total. The number of aromatic nitrogens is 2. The van der Waals surface area contributed by atoms with E-state index in [1.807, 2.05) is 12.1 Å². The van der Waals surface area contributed by atoms with E-state index in [2.05, 4.69) is 5.32 Å². The Hall–Kier alpha value is -3.35. The molecule has 1 heterocycles. The molecule has 0 spiro atoms. The van der Waals surface area contributed by atoms with Crippen molar-refractivity contribution in [2.24, 2.45) is 0 Å². The molecule has 0 radical (unpaired) electrons. The van der Waals surface area contributed by atoms with Crippen LogP contribution in [0.1, 0.15) is 20.7 Å². The van der Waals surface area contributed by atoms with Gasteiger partial charge in [0.15, 0.2) is 5.78 Å². The molecule has 0 fully saturated rings. The van der Waals surface area contributed by atoms with Crippen LogP contribution in [0.4, 0.5) is 0 Å². The van der Waals surface area contributed by atoms with Crippen LogP contribution in [0.3, 0.4) is 0 Å². The van der Waals surface area contributed by atoms with E-state index in [1.54, 1.807) is 69.8 Å². The van der Waals surface area contributed by atoms with E-state index < -0.39 is 0 Å². The highest BCUT2D eigenvalue weighted by Crippen LogP contribution is 2.23. The van der Waals surface area contributed by atoms with E-state index in [4.69, 9.17) is 28.6 Å². The molecule has 3 aromatic carbocycles. The van der Waals surface area contributed by atoms with E-state index in [-0.39, 0.29) is 23.9 Å². The van der Waals surface area contributed by atoms with Gasteiger partial charge in [0.2, 0.25) is 5.62 Å². The van der Waals surface area contributed by atoms with Gasteiger partial charge in [-0.05, 0) is 48.5 Å². The van der Waals surface area contributed by atoms with Gasteiger partial charge >= 0.3 is 0 Å². The highest BCUT2D eigenvalue weighted by molar-refractivity contribution is 6.35. The number of halogens is 2. The van der Waals surface area contributed by atoms with Crippen LogP contribution in [0.2, 0.25) is 10.0 Å². The summed E-state index contributed by atoms with van der Waals surface area (Å²) in [5.74, 6) is -0.331. The molecule has 0 saturated heterocycles. The van der Waals surface area contributed by atoms with Crippen LogP contribution in [0.25, 0.3) is 11.0 Å². The summed E-state index contributed by atoms with van der Waals surface area (Å²) in [6.07, 6.45) is 0. The number of hydrogen-bond acceptors (Lipinski definition) is 3. The van der Waals surface area contributed by atoms with Crippen molar-refractivity contribution >= 4 is 45.9 Å². The number of rotatable bonds is 7. The van der Waals surface area contributed by atoms with Crippen molar-refractivity contribution in [3.05, 3.63) is 99.6 Å². The smallest absolute Gasteiger partial charge is 0.251 e. The van der Waals surface area contributed by atoms with Crippen molar-refractivity contribution in [1.29, 1.82) is 5.41 Å². The molecule has 1 aromatic heterocycles. The minimum atomic E-state index is -0.189. The van der Waals surface area contributed by atoms with E-state index in [1.165, 1.54) is 0 Å². The number of nitrogens with one attached hydrogen (secondary N) is 2. The highest BCUT2D eigenvalue weighted by Gasteiger charge is 2.17. The quantitative estimate of drug-likeness (QED) is 0.392. The Balaban J connectivity index is 1.60. The third kappa shape index (κ3) is 4.47. The molecule has 0 bridgehead atoms. The van der Waals surface area contributed by atoms with Gasteiger partial charge in [-0.15, -0.1) is 0 Å². The van der Waals surface area contributed by atoms with Crippen LogP contribution < -0.4 is 10.9 Å². The summed E-state index contributed by atoms with van der Waals surface area (Å²) in [6.45, 7) is 0.625. The first-order chi connectivity index (χ1) is 15.5. The fraction of sp³-hybridized carbons (Fsp3) is 0.125. The van der Waals surface area contributed by atoms with Gasteiger partial charge in [0.05, 0.1) is 22.6 Å². The Bertz CT molecular complexity index is 1340. The Morgan fingerprint density at radius 2 is 1.56 bits per heavy atom. The molecule has 0 saturated carbocycles. The molecule has 0 atom stereocenters. The van der Waals surface area contributed by atoms with Gasteiger partial charge in [-0.2, -0.15) is 0 Å². The number of fused-ring (bicyclic) bond motifs is 1. The Labute approximate surface area is 194 Å². The van der Waals surface area contributed by atoms with Gasteiger partial charge in [-0.3, -0.25) is 15.0 Å². The molecule has 162 valence electrons. The lowest BCUT2D eigenvalue weighted by Gasteiger charge is -2.08. The molecule has 0 aliphatic heterocycles. The first-order valence-electron chi connectivity index (χ1n) is 10.00. The lowest BCUT2D eigenvalue weighted by Crippen LogP contribution is -2.32. The Kier molecular flexibility index (Phi) is 6.44. The summed E-state index contributed by atoms with van der Waals surface area (Å²) in [7, 11) is 0. The molecular formula is C24H20Cl2N4O2. The normalized spacial score (nSPS) is 10.9. The fourth-order valence-electron chi connectivity index (χ4n) is 3.58. The van der Waals surface area contributed by atoms with Crippen molar-refractivity contribution in [3.63, 3.8) is 0 Å². The number of Topliss-reactive ketones (excluding diaryl/α,β-unsaturated/α-hetero) is 1. The first kappa shape index (κ1) is 21.9. The summed E-state index contributed by atoms with van der Waals surface area (Å²) in [6, 6.07) is 20.9. The summed E-state index contributed by atoms with van der Waals surface area (Å²) in [5, 5.41) is 12.6. The minimum Gasteiger partial charge on any atom is -0.350 e. The summed E-state index contributed by atoms with van der Waals surface area (Å²) in [5.41, 5.74) is 2.54. The number of para-hydroxylation sites is 1. The van der Waals surface area contributed by atoms with Gasteiger partial charge in [-0.25, -0.2) is 0 Å². The highest BCUT2D eigenvalue weighted by atomic mass is 35.5. The van der Waals surface area contributed by atoms with Crippen molar-refractivity contribution in [1.82, 2.24) is 14.5 Å². The number of carbonyl (C=O) groups is 2. The first-order valence-corrected chi connectivity index (χ1v) is 10.8. The molecule has 32 heavy (non-hydrogen) atoms. The van der Waals surface area contributed by atoms with Crippen LogP contribution in [0.15, 0.2) is 72.8 Å². The van der Waals surface area contributed by atoms with Gasteiger partial charge in [0, 0.05) is 29.2 Å². The number of imidazole rings is 1. The van der Waals surface area contributed by atoms with Gasteiger partial charge < -0.3 is 14.5 Å². The molecule has 0 aliphatic rings. The molecule has 0 aliphatic carbocycles. The second kappa shape index (κ2) is 9.42. The van der Waals surface area contributed by atoms with E-state index in [9.17, 15) is 9.59 Å². The van der Waals surface area contributed by atoms with Crippen molar-refractivity contribution in [3.8, 4) is 0 Å². The zero-order chi connectivity index (χ0) is 22.7. The van der Waals surface area contributed by atoms with Gasteiger partial charge in [-0.1, -0.05) is 47.5 Å². The molecule has 8 heteroatoms. The standard InChI is InChI=1S/C24H20Cl2N4O2/c25-18-11-9-16(10-12-18)21(31)15-30-20-8-4-7-19(26)22(20)29(24(30)27)14-13-28-23(32)17-5-2-1-3-6-17/h1-12,27H,13-15H2,(H,28,32). The maximum Gasteiger partial charge on any atom is 0.251 e. The van der Waals surface area contributed by atoms with Crippen LogP contribution >= 0.6 is 23.2 Å². The maximum absolute atomic E-state index is 12.8. The number of carbonyl (C=O) groups excluding carboxylic acids is 2. The number of hydrogen-bond donors (Lipinski definition) is 2. The fourth-order valence-corrected chi connectivity index (χ4v) is 3.97. The molecule has 1 amide bonds. The van der Waals surface area contributed by atoms with Crippen molar-refractivity contribution in [2.75, 3.05) is 6.54 Å². The summed E-state index contributed by atoms with van der Waals surface area (Å²) >= 11 is 12.4. The molecule has 4 aromatic rings. The average Bonchev–Trinajstić information content (AvgIpc) is 3.07.